The Labute approximate surface area is 132 Å². The molecular formula is C18H27NO3. The van der Waals surface area contributed by atoms with E-state index in [9.17, 15) is 4.79 Å². The molecule has 0 bridgehead atoms. The Kier molecular flexibility index (Phi) is 5.54. The van der Waals surface area contributed by atoms with Crippen LogP contribution in [0.4, 0.5) is 0 Å². The number of hydrogen-bond donors (Lipinski definition) is 0. The Morgan fingerprint density at radius 3 is 2.59 bits per heavy atom. The lowest BCUT2D eigenvalue weighted by Crippen LogP contribution is -2.43. The van der Waals surface area contributed by atoms with Crippen molar-refractivity contribution < 1.29 is 13.9 Å². The molecule has 1 aliphatic heterocycles. The molecular weight excluding hydrogens is 278 g/mol. The highest BCUT2D eigenvalue weighted by Gasteiger charge is 2.28. The molecule has 0 radical (unpaired) electrons. The Balaban J connectivity index is 1.64. The van der Waals surface area contributed by atoms with Gasteiger partial charge in [-0.1, -0.05) is 19.3 Å². The van der Waals surface area contributed by atoms with Gasteiger partial charge in [-0.15, -0.1) is 0 Å². The number of furan rings is 1. The van der Waals surface area contributed by atoms with Crippen molar-refractivity contribution in [1.82, 2.24) is 4.90 Å². The van der Waals surface area contributed by atoms with E-state index in [2.05, 4.69) is 4.90 Å². The van der Waals surface area contributed by atoms with Crippen LogP contribution in [-0.4, -0.2) is 30.1 Å². The minimum absolute atomic E-state index is 0.301. The zero-order valence-corrected chi connectivity index (χ0v) is 13.3. The molecule has 122 valence electrons. The summed E-state index contributed by atoms with van der Waals surface area (Å²) < 4.78 is 10.9. The van der Waals surface area contributed by atoms with Crippen LogP contribution in [0.3, 0.4) is 0 Å². The number of carbonyl (C=O) groups excluding carboxylic acids is 1. The van der Waals surface area contributed by atoms with Crippen LogP contribution in [0.15, 0.2) is 22.8 Å². The van der Waals surface area contributed by atoms with E-state index in [4.69, 9.17) is 9.15 Å². The van der Waals surface area contributed by atoms with Crippen LogP contribution in [0.25, 0.3) is 0 Å². The molecule has 2 fully saturated rings. The van der Waals surface area contributed by atoms with Crippen molar-refractivity contribution in [3.05, 3.63) is 24.2 Å². The quantitative estimate of drug-likeness (QED) is 0.832. The Morgan fingerprint density at radius 1 is 1.14 bits per heavy atom. The molecule has 1 aliphatic carbocycles. The maximum atomic E-state index is 12.9. The predicted molar refractivity (Wildman–Crippen MR) is 84.3 cm³/mol. The number of carbonyl (C=O) groups is 1. The van der Waals surface area contributed by atoms with Gasteiger partial charge in [0.2, 0.25) is 5.91 Å². The second-order valence-corrected chi connectivity index (χ2v) is 6.65. The van der Waals surface area contributed by atoms with Crippen molar-refractivity contribution in [2.75, 3.05) is 13.2 Å². The Bertz CT molecular complexity index is 445. The second kappa shape index (κ2) is 7.82. The summed E-state index contributed by atoms with van der Waals surface area (Å²) in [7, 11) is 0. The summed E-state index contributed by atoms with van der Waals surface area (Å²) in [6.07, 6.45) is 10.6. The fourth-order valence-corrected chi connectivity index (χ4v) is 3.74. The van der Waals surface area contributed by atoms with E-state index < -0.39 is 0 Å². The summed E-state index contributed by atoms with van der Waals surface area (Å²) in [5.74, 6) is 1.76. The molecule has 1 amide bonds. The number of ether oxygens (including phenoxy) is 1. The van der Waals surface area contributed by atoms with Crippen LogP contribution in [0, 0.1) is 5.92 Å². The predicted octanol–water partition coefficient (Wildman–Crippen LogP) is 3.76. The van der Waals surface area contributed by atoms with Gasteiger partial charge in [0.1, 0.15) is 5.76 Å². The lowest BCUT2D eigenvalue weighted by atomic mass is 9.86. The molecule has 22 heavy (non-hydrogen) atoms. The normalized spacial score (nSPS) is 20.9. The highest BCUT2D eigenvalue weighted by molar-refractivity contribution is 5.76. The van der Waals surface area contributed by atoms with Crippen LogP contribution >= 0.6 is 0 Å². The molecule has 0 unspecified atom stereocenters. The fraction of sp³-hybridized carbons (Fsp3) is 0.722. The fourth-order valence-electron chi connectivity index (χ4n) is 3.74. The van der Waals surface area contributed by atoms with E-state index in [0.29, 0.717) is 30.8 Å². The van der Waals surface area contributed by atoms with Gasteiger partial charge in [0.05, 0.1) is 12.8 Å². The number of rotatable bonds is 5. The average molecular weight is 305 g/mol. The van der Waals surface area contributed by atoms with E-state index in [-0.39, 0.29) is 0 Å². The van der Waals surface area contributed by atoms with Crippen molar-refractivity contribution in [2.45, 2.75) is 64.0 Å². The van der Waals surface area contributed by atoms with Crippen molar-refractivity contribution in [3.8, 4) is 0 Å². The number of amides is 1. The maximum Gasteiger partial charge on any atom is 0.223 e. The molecule has 1 saturated heterocycles. The van der Waals surface area contributed by atoms with Gasteiger partial charge in [0, 0.05) is 25.7 Å². The molecule has 2 aliphatic rings. The molecule has 2 heterocycles. The molecule has 4 nitrogen and oxygen atoms in total. The highest BCUT2D eigenvalue weighted by atomic mass is 16.5. The number of hydrogen-bond acceptors (Lipinski definition) is 3. The lowest BCUT2D eigenvalue weighted by Gasteiger charge is -2.35. The Morgan fingerprint density at radius 2 is 1.91 bits per heavy atom. The van der Waals surface area contributed by atoms with Gasteiger partial charge in [-0.3, -0.25) is 4.79 Å². The first kappa shape index (κ1) is 15.6. The topological polar surface area (TPSA) is 42.7 Å². The van der Waals surface area contributed by atoms with Crippen LogP contribution in [0.5, 0.6) is 0 Å². The third kappa shape index (κ3) is 4.13. The van der Waals surface area contributed by atoms with E-state index in [1.165, 1.54) is 32.1 Å². The van der Waals surface area contributed by atoms with Crippen LogP contribution in [0.1, 0.15) is 57.1 Å². The van der Waals surface area contributed by atoms with E-state index in [0.717, 1.165) is 31.8 Å². The van der Waals surface area contributed by atoms with Gasteiger partial charge in [0.25, 0.3) is 0 Å². The van der Waals surface area contributed by atoms with Crippen molar-refractivity contribution >= 4 is 5.91 Å². The Hall–Kier alpha value is -1.29. The molecule has 1 aromatic rings. The summed E-state index contributed by atoms with van der Waals surface area (Å²) in [6, 6.07) is 4.15. The van der Waals surface area contributed by atoms with Gasteiger partial charge in [-0.25, -0.2) is 0 Å². The lowest BCUT2D eigenvalue weighted by molar-refractivity contribution is -0.137. The molecule has 0 spiro atoms. The van der Waals surface area contributed by atoms with Gasteiger partial charge in [-0.05, 0) is 43.7 Å². The summed E-state index contributed by atoms with van der Waals surface area (Å²) in [5.41, 5.74) is 0. The van der Waals surface area contributed by atoms with E-state index in [1.54, 1.807) is 6.26 Å². The van der Waals surface area contributed by atoms with Gasteiger partial charge in [0.15, 0.2) is 0 Å². The van der Waals surface area contributed by atoms with E-state index in [1.807, 2.05) is 12.1 Å². The first-order valence-corrected chi connectivity index (χ1v) is 8.72. The molecule has 0 atom stereocenters. The van der Waals surface area contributed by atoms with Gasteiger partial charge < -0.3 is 14.1 Å². The average Bonchev–Trinajstić information content (AvgIpc) is 3.07. The van der Waals surface area contributed by atoms with Crippen molar-refractivity contribution in [1.29, 1.82) is 0 Å². The summed E-state index contributed by atoms with van der Waals surface area (Å²) in [5, 5.41) is 0. The third-order valence-corrected chi connectivity index (χ3v) is 5.05. The SMILES string of the molecule is O=C(CC1CCCCC1)N(Cc1ccco1)C1CCOCC1. The van der Waals surface area contributed by atoms with Crippen LogP contribution < -0.4 is 0 Å². The first-order valence-electron chi connectivity index (χ1n) is 8.72. The molecule has 0 aromatic carbocycles. The summed E-state index contributed by atoms with van der Waals surface area (Å²) >= 11 is 0. The highest BCUT2D eigenvalue weighted by Crippen LogP contribution is 2.28. The first-order chi connectivity index (χ1) is 10.8. The van der Waals surface area contributed by atoms with Gasteiger partial charge >= 0.3 is 0 Å². The van der Waals surface area contributed by atoms with Crippen LogP contribution in [-0.2, 0) is 16.1 Å². The second-order valence-electron chi connectivity index (χ2n) is 6.65. The summed E-state index contributed by atoms with van der Waals surface area (Å²) in [6.45, 7) is 2.12. The molecule has 0 N–H and O–H groups in total. The number of nitrogens with zero attached hydrogens (tertiary/aromatic N) is 1. The zero-order chi connectivity index (χ0) is 15.2. The monoisotopic (exact) mass is 305 g/mol. The van der Waals surface area contributed by atoms with E-state index >= 15 is 0 Å². The maximum absolute atomic E-state index is 12.9. The van der Waals surface area contributed by atoms with Crippen LogP contribution in [0.2, 0.25) is 0 Å². The minimum atomic E-state index is 0.301. The standard InChI is InChI=1S/C18H27NO3/c20-18(13-15-5-2-1-3-6-15)19(14-17-7-4-10-22-17)16-8-11-21-12-9-16/h4,7,10,15-16H,1-3,5-6,8-9,11-14H2. The van der Waals surface area contributed by atoms with Crippen molar-refractivity contribution in [2.24, 2.45) is 5.92 Å². The zero-order valence-electron chi connectivity index (χ0n) is 13.3. The summed E-state index contributed by atoms with van der Waals surface area (Å²) in [4.78, 5) is 14.9. The largest absolute Gasteiger partial charge is 0.467 e. The molecule has 3 rings (SSSR count). The smallest absolute Gasteiger partial charge is 0.223 e. The molecule has 4 heteroatoms. The molecule has 1 aromatic heterocycles. The third-order valence-electron chi connectivity index (χ3n) is 5.05. The van der Waals surface area contributed by atoms with Crippen molar-refractivity contribution in [3.63, 3.8) is 0 Å². The molecule has 1 saturated carbocycles. The minimum Gasteiger partial charge on any atom is -0.467 e. The van der Waals surface area contributed by atoms with Gasteiger partial charge in [-0.2, -0.15) is 0 Å².